The summed E-state index contributed by atoms with van der Waals surface area (Å²) in [5, 5.41) is 14.9. The van der Waals surface area contributed by atoms with Gasteiger partial charge >= 0.3 is 12.0 Å². The second-order valence-electron chi connectivity index (χ2n) is 7.69. The van der Waals surface area contributed by atoms with Crippen LogP contribution in [0.15, 0.2) is 0 Å². The number of carboxylic acids is 1. The Bertz CT molecular complexity index is 519. The molecule has 2 aliphatic carbocycles. The number of rotatable bonds is 7. The smallest absolute Gasteiger partial charge is 0.317 e. The van der Waals surface area contributed by atoms with E-state index in [4.69, 9.17) is 5.11 Å². The lowest BCUT2D eigenvalue weighted by Crippen LogP contribution is -2.57. The summed E-state index contributed by atoms with van der Waals surface area (Å²) in [5.74, 6) is -0.691. The van der Waals surface area contributed by atoms with E-state index in [0.29, 0.717) is 13.0 Å². The second kappa shape index (κ2) is 9.21. The zero-order valence-corrected chi connectivity index (χ0v) is 16.0. The van der Waals surface area contributed by atoms with Gasteiger partial charge in [0.1, 0.15) is 0 Å². The molecule has 0 saturated heterocycles. The van der Waals surface area contributed by atoms with Crippen molar-refractivity contribution >= 4 is 17.9 Å². The van der Waals surface area contributed by atoms with Crippen molar-refractivity contribution in [3.63, 3.8) is 0 Å². The maximum Gasteiger partial charge on any atom is 0.317 e. The van der Waals surface area contributed by atoms with Crippen LogP contribution in [-0.4, -0.2) is 78.1 Å². The summed E-state index contributed by atoms with van der Waals surface area (Å²) in [7, 11) is 3.53. The molecule has 0 aromatic carbocycles. The Morgan fingerprint density at radius 1 is 1.04 bits per heavy atom. The summed E-state index contributed by atoms with van der Waals surface area (Å²) in [6.45, 7) is 2.69. The predicted molar refractivity (Wildman–Crippen MR) is 97.8 cm³/mol. The Hall–Kier alpha value is -1.83. The first-order chi connectivity index (χ1) is 12.3. The molecule has 2 atom stereocenters. The molecule has 0 spiro atoms. The van der Waals surface area contributed by atoms with Crippen LogP contribution in [0.25, 0.3) is 0 Å². The zero-order chi connectivity index (χ0) is 19.3. The van der Waals surface area contributed by atoms with Gasteiger partial charge in [-0.05, 0) is 38.6 Å². The van der Waals surface area contributed by atoms with Crippen molar-refractivity contribution in [2.24, 2.45) is 5.92 Å². The lowest BCUT2D eigenvalue weighted by Gasteiger charge is -2.42. The molecule has 2 unspecified atom stereocenters. The van der Waals surface area contributed by atoms with E-state index in [9.17, 15) is 14.4 Å². The maximum atomic E-state index is 12.2. The van der Waals surface area contributed by atoms with Crippen molar-refractivity contribution in [3.05, 3.63) is 0 Å². The molecule has 148 valence electrons. The highest BCUT2D eigenvalue weighted by Gasteiger charge is 2.35. The Labute approximate surface area is 155 Å². The molecule has 3 amide bonds. The number of nitrogens with zero attached hydrogens (tertiary/aromatic N) is 2. The van der Waals surface area contributed by atoms with E-state index in [0.717, 1.165) is 32.1 Å². The van der Waals surface area contributed by atoms with Gasteiger partial charge in [-0.25, -0.2) is 4.79 Å². The number of nitrogens with one attached hydrogen (secondary N) is 2. The Morgan fingerprint density at radius 2 is 1.69 bits per heavy atom. The standard InChI is InChI=1S/C18H32N4O4/c1-4-22(11-16(23)24)15-9-14(10-15)20-18(26)19-13-7-5-6-12(8-13)17(25)21(2)3/h12-15H,4-11H2,1-3H3,(H,23,24)(H2,19,20,26). The molecule has 0 aromatic rings. The highest BCUT2D eigenvalue weighted by Crippen LogP contribution is 2.27. The Kier molecular flexibility index (Phi) is 7.25. The van der Waals surface area contributed by atoms with Gasteiger partial charge in [0.2, 0.25) is 5.91 Å². The van der Waals surface area contributed by atoms with Gasteiger partial charge in [-0.1, -0.05) is 13.3 Å². The molecule has 8 heteroatoms. The molecule has 0 bridgehead atoms. The molecular weight excluding hydrogens is 336 g/mol. The summed E-state index contributed by atoms with van der Waals surface area (Å²) >= 11 is 0. The minimum atomic E-state index is -0.819. The third kappa shape index (κ3) is 5.59. The van der Waals surface area contributed by atoms with Crippen molar-refractivity contribution in [2.45, 2.75) is 63.6 Å². The molecule has 2 saturated carbocycles. The van der Waals surface area contributed by atoms with E-state index in [-0.39, 0.29) is 42.5 Å². The van der Waals surface area contributed by atoms with Crippen molar-refractivity contribution in [1.82, 2.24) is 20.4 Å². The monoisotopic (exact) mass is 368 g/mol. The van der Waals surface area contributed by atoms with Gasteiger partial charge in [0.15, 0.2) is 0 Å². The number of urea groups is 1. The van der Waals surface area contributed by atoms with Crippen LogP contribution in [0.5, 0.6) is 0 Å². The van der Waals surface area contributed by atoms with Crippen molar-refractivity contribution in [2.75, 3.05) is 27.2 Å². The van der Waals surface area contributed by atoms with E-state index >= 15 is 0 Å². The quantitative estimate of drug-likeness (QED) is 0.619. The van der Waals surface area contributed by atoms with Crippen molar-refractivity contribution < 1.29 is 19.5 Å². The van der Waals surface area contributed by atoms with Gasteiger partial charge in [0.25, 0.3) is 0 Å². The van der Waals surface area contributed by atoms with Crippen LogP contribution >= 0.6 is 0 Å². The average Bonchev–Trinajstić information content (AvgIpc) is 2.55. The molecule has 2 fully saturated rings. The third-order valence-corrected chi connectivity index (χ3v) is 5.51. The van der Waals surface area contributed by atoms with Crippen molar-refractivity contribution in [3.8, 4) is 0 Å². The van der Waals surface area contributed by atoms with Crippen LogP contribution < -0.4 is 10.6 Å². The van der Waals surface area contributed by atoms with Crippen LogP contribution in [0.3, 0.4) is 0 Å². The Balaban J connectivity index is 1.71. The molecule has 3 N–H and O–H groups in total. The van der Waals surface area contributed by atoms with Crippen molar-refractivity contribution in [1.29, 1.82) is 0 Å². The topological polar surface area (TPSA) is 102 Å². The summed E-state index contributed by atoms with van der Waals surface area (Å²) in [6.07, 6.45) is 4.99. The second-order valence-corrected chi connectivity index (χ2v) is 7.69. The fraction of sp³-hybridized carbons (Fsp3) is 0.833. The van der Waals surface area contributed by atoms with Crippen LogP contribution in [0.4, 0.5) is 4.79 Å². The number of aliphatic carboxylic acids is 1. The normalized spacial score (nSPS) is 28.2. The molecule has 0 heterocycles. The molecule has 2 rings (SSSR count). The average molecular weight is 368 g/mol. The summed E-state index contributed by atoms with van der Waals surface area (Å²) in [6, 6.07) is 0.161. The van der Waals surface area contributed by atoms with Gasteiger partial charge in [0.05, 0.1) is 6.54 Å². The largest absolute Gasteiger partial charge is 0.480 e. The van der Waals surface area contributed by atoms with Gasteiger partial charge < -0.3 is 20.6 Å². The van der Waals surface area contributed by atoms with E-state index in [1.54, 1.807) is 19.0 Å². The number of hydrogen-bond donors (Lipinski definition) is 3. The van der Waals surface area contributed by atoms with Crippen LogP contribution in [-0.2, 0) is 9.59 Å². The molecule has 0 aromatic heterocycles. The highest BCUT2D eigenvalue weighted by molar-refractivity contribution is 5.79. The van der Waals surface area contributed by atoms with E-state index in [1.165, 1.54) is 0 Å². The lowest BCUT2D eigenvalue weighted by molar-refractivity contribution is -0.139. The maximum absolute atomic E-state index is 12.2. The number of carbonyl (C=O) groups is 3. The van der Waals surface area contributed by atoms with Gasteiger partial charge in [0, 0.05) is 38.1 Å². The van der Waals surface area contributed by atoms with E-state index in [1.807, 2.05) is 11.8 Å². The summed E-state index contributed by atoms with van der Waals surface area (Å²) in [4.78, 5) is 38.8. The molecule has 0 radical (unpaired) electrons. The van der Waals surface area contributed by atoms with Gasteiger partial charge in [-0.2, -0.15) is 0 Å². The minimum Gasteiger partial charge on any atom is -0.480 e. The van der Waals surface area contributed by atoms with Crippen LogP contribution in [0.2, 0.25) is 0 Å². The number of carboxylic acid groups (broad SMARTS) is 1. The highest BCUT2D eigenvalue weighted by atomic mass is 16.4. The van der Waals surface area contributed by atoms with Gasteiger partial charge in [-0.15, -0.1) is 0 Å². The first-order valence-electron chi connectivity index (χ1n) is 9.54. The predicted octanol–water partition coefficient (Wildman–Crippen LogP) is 0.870. The molecule has 2 aliphatic rings. The molecular formula is C18H32N4O4. The molecule has 26 heavy (non-hydrogen) atoms. The third-order valence-electron chi connectivity index (χ3n) is 5.51. The zero-order valence-electron chi connectivity index (χ0n) is 16.0. The fourth-order valence-corrected chi connectivity index (χ4v) is 4.00. The van der Waals surface area contributed by atoms with Crippen LogP contribution in [0.1, 0.15) is 45.4 Å². The molecule has 0 aliphatic heterocycles. The number of hydrogen-bond acceptors (Lipinski definition) is 4. The number of amides is 3. The van der Waals surface area contributed by atoms with Crippen LogP contribution in [0, 0.1) is 5.92 Å². The van der Waals surface area contributed by atoms with Gasteiger partial charge in [-0.3, -0.25) is 14.5 Å². The van der Waals surface area contributed by atoms with E-state index in [2.05, 4.69) is 10.6 Å². The summed E-state index contributed by atoms with van der Waals surface area (Å²) < 4.78 is 0. The lowest BCUT2D eigenvalue weighted by atomic mass is 9.84. The number of likely N-dealkylation sites (N-methyl/N-ethyl adjacent to an activating group) is 1. The molecule has 8 nitrogen and oxygen atoms in total. The minimum absolute atomic E-state index is 0.00809. The fourth-order valence-electron chi connectivity index (χ4n) is 4.00. The first kappa shape index (κ1) is 20.5. The Morgan fingerprint density at radius 3 is 2.27 bits per heavy atom. The summed E-state index contributed by atoms with van der Waals surface area (Å²) in [5.41, 5.74) is 0. The SMILES string of the molecule is CCN(CC(=O)O)C1CC(NC(=O)NC2CCCC(C(=O)N(C)C)C2)C1. The first-order valence-corrected chi connectivity index (χ1v) is 9.54. The number of carbonyl (C=O) groups excluding carboxylic acids is 2. The van der Waals surface area contributed by atoms with E-state index < -0.39 is 5.97 Å².